The van der Waals surface area contributed by atoms with E-state index in [1.54, 1.807) is 12.1 Å². The molecule has 0 saturated carbocycles. The Morgan fingerprint density at radius 1 is 1.47 bits per heavy atom. The number of nitrogens with one attached hydrogen (secondary N) is 1. The second kappa shape index (κ2) is 3.38. The van der Waals surface area contributed by atoms with E-state index in [0.29, 0.717) is 21.3 Å². The van der Waals surface area contributed by atoms with Gasteiger partial charge in [-0.3, -0.25) is 4.79 Å². The van der Waals surface area contributed by atoms with E-state index in [9.17, 15) is 9.28 Å². The summed E-state index contributed by atoms with van der Waals surface area (Å²) in [4.78, 5) is 11.9. The lowest BCUT2D eigenvalue weighted by molar-refractivity contribution is 0.0964. The summed E-state index contributed by atoms with van der Waals surface area (Å²) in [5, 5.41) is 3.11. The Kier molecular flexibility index (Phi) is 2.19. The summed E-state index contributed by atoms with van der Waals surface area (Å²) in [5.41, 5.74) is 1.74. The molecule has 2 rings (SSSR count). The van der Waals surface area contributed by atoms with E-state index in [1.165, 1.54) is 13.2 Å². The van der Waals surface area contributed by atoms with Crippen molar-refractivity contribution in [1.29, 1.82) is 0 Å². The summed E-state index contributed by atoms with van der Waals surface area (Å²) in [7, 11) is 1.53. The van der Waals surface area contributed by atoms with Gasteiger partial charge in [-0.05, 0) is 18.6 Å². The van der Waals surface area contributed by atoms with Crippen LogP contribution in [0.1, 0.15) is 15.9 Å². The number of aromatic nitrogens is 1. The van der Waals surface area contributed by atoms with Gasteiger partial charge in [0.15, 0.2) is 0 Å². The molecule has 0 atom stereocenters. The molecule has 0 aliphatic rings. The number of amides is 1. The molecule has 0 bridgehead atoms. The Labute approximate surface area is 86.4 Å². The first-order valence-electron chi connectivity index (χ1n) is 4.63. The highest BCUT2D eigenvalue weighted by molar-refractivity contribution is 6.06. The molecule has 3 nitrogen and oxygen atoms in total. The number of aryl methyl sites for hydroxylation is 1. The Hall–Kier alpha value is -1.84. The van der Waals surface area contributed by atoms with Crippen LogP contribution < -0.4 is 5.32 Å². The van der Waals surface area contributed by atoms with Crippen molar-refractivity contribution in [1.82, 2.24) is 10.1 Å². The Morgan fingerprint density at radius 2 is 2.20 bits per heavy atom. The molecule has 78 valence electrons. The van der Waals surface area contributed by atoms with Crippen molar-refractivity contribution in [3.63, 3.8) is 0 Å². The van der Waals surface area contributed by atoms with Gasteiger partial charge >= 0.3 is 0 Å². The molecule has 0 radical (unpaired) electrons. The summed E-state index contributed by atoms with van der Waals surface area (Å²) in [6.45, 7) is 1.88. The molecule has 1 heterocycles. The number of rotatable bonds is 1. The van der Waals surface area contributed by atoms with Crippen LogP contribution in [0.25, 0.3) is 10.9 Å². The zero-order valence-corrected chi connectivity index (χ0v) is 8.54. The molecule has 1 aromatic heterocycles. The molecule has 1 N–H and O–H groups in total. The highest BCUT2D eigenvalue weighted by Gasteiger charge is 2.13. The summed E-state index contributed by atoms with van der Waals surface area (Å²) in [5.74, 6) is -0.278. The van der Waals surface area contributed by atoms with Gasteiger partial charge in [0.25, 0.3) is 5.91 Å². The molecule has 4 heteroatoms. The Morgan fingerprint density at radius 3 is 2.87 bits per heavy atom. The average molecular weight is 206 g/mol. The van der Waals surface area contributed by atoms with Gasteiger partial charge in [-0.1, -0.05) is 16.6 Å². The third-order valence-electron chi connectivity index (χ3n) is 2.39. The van der Waals surface area contributed by atoms with Crippen LogP contribution in [0.4, 0.5) is 4.48 Å². The van der Waals surface area contributed by atoms with E-state index in [4.69, 9.17) is 0 Å². The van der Waals surface area contributed by atoms with Crippen LogP contribution in [0.15, 0.2) is 24.4 Å². The molecular formula is C11H11FN2O. The fourth-order valence-electron chi connectivity index (χ4n) is 1.61. The topological polar surface area (TPSA) is 34.0 Å². The minimum absolute atomic E-state index is 0.278. The van der Waals surface area contributed by atoms with E-state index in [-0.39, 0.29) is 5.91 Å². The van der Waals surface area contributed by atoms with Crippen molar-refractivity contribution in [3.05, 3.63) is 35.5 Å². The van der Waals surface area contributed by atoms with Crippen LogP contribution >= 0.6 is 0 Å². The van der Waals surface area contributed by atoms with Crippen molar-refractivity contribution in [2.45, 2.75) is 6.92 Å². The third-order valence-corrected chi connectivity index (χ3v) is 2.39. The van der Waals surface area contributed by atoms with Crippen molar-refractivity contribution in [2.24, 2.45) is 0 Å². The van der Waals surface area contributed by atoms with E-state index in [1.807, 2.05) is 13.0 Å². The van der Waals surface area contributed by atoms with Gasteiger partial charge in [0.2, 0.25) is 0 Å². The van der Waals surface area contributed by atoms with Crippen LogP contribution in [-0.2, 0) is 0 Å². The molecule has 15 heavy (non-hydrogen) atoms. The number of benzene rings is 1. The second-order valence-corrected chi connectivity index (χ2v) is 3.45. The minimum Gasteiger partial charge on any atom is -0.355 e. The predicted octanol–water partition coefficient (Wildman–Crippen LogP) is 2.04. The maximum absolute atomic E-state index is 13.4. The highest BCUT2D eigenvalue weighted by atomic mass is 19.2. The summed E-state index contributed by atoms with van der Waals surface area (Å²) in [6, 6.07) is 5.32. The van der Waals surface area contributed by atoms with Gasteiger partial charge in [-0.2, -0.15) is 4.79 Å². The number of halogens is 1. The fraction of sp³-hybridized carbons (Fsp3) is 0.182. The molecule has 0 aliphatic heterocycles. The van der Waals surface area contributed by atoms with Crippen molar-refractivity contribution in [3.8, 4) is 0 Å². The van der Waals surface area contributed by atoms with Gasteiger partial charge in [-0.25, -0.2) is 0 Å². The van der Waals surface area contributed by atoms with Gasteiger partial charge < -0.3 is 5.32 Å². The standard InChI is InChI=1S/C11H11FN2O/c1-7-3-4-8-9(11(15)13-2)6-14(12)10(8)5-7/h3-6H,1-2H3,(H,13,15). The number of nitrogens with zero attached hydrogens (tertiary/aromatic N) is 1. The van der Waals surface area contributed by atoms with Crippen molar-refractivity contribution in [2.75, 3.05) is 7.05 Å². The normalized spacial score (nSPS) is 10.6. The third kappa shape index (κ3) is 1.48. The molecule has 0 aliphatic carbocycles. The number of carbonyl (C=O) groups excluding carboxylic acids is 1. The van der Waals surface area contributed by atoms with E-state index >= 15 is 0 Å². The Bertz CT molecular complexity index is 531. The number of hydrogen-bond acceptors (Lipinski definition) is 1. The van der Waals surface area contributed by atoms with Crippen LogP contribution in [0, 0.1) is 6.92 Å². The SMILES string of the molecule is CNC(=O)c1cn(F)c2cc(C)ccc12. The molecule has 0 unspecified atom stereocenters. The first-order valence-corrected chi connectivity index (χ1v) is 4.63. The monoisotopic (exact) mass is 206 g/mol. The predicted molar refractivity (Wildman–Crippen MR) is 56.6 cm³/mol. The van der Waals surface area contributed by atoms with Crippen molar-refractivity contribution >= 4 is 16.8 Å². The van der Waals surface area contributed by atoms with Gasteiger partial charge in [0.1, 0.15) is 0 Å². The fourth-order valence-corrected chi connectivity index (χ4v) is 1.61. The smallest absolute Gasteiger partial charge is 0.253 e. The lowest BCUT2D eigenvalue weighted by atomic mass is 10.1. The molecular weight excluding hydrogens is 195 g/mol. The lowest BCUT2D eigenvalue weighted by Gasteiger charge is -1.97. The lowest BCUT2D eigenvalue weighted by Crippen LogP contribution is -2.17. The molecule has 1 aromatic carbocycles. The first kappa shape index (κ1) is 9.71. The number of carbonyl (C=O) groups is 1. The summed E-state index contributed by atoms with van der Waals surface area (Å²) in [6.07, 6.45) is 1.20. The molecule has 2 aromatic rings. The molecule has 0 saturated heterocycles. The quantitative estimate of drug-likeness (QED) is 0.761. The largest absolute Gasteiger partial charge is 0.355 e. The second-order valence-electron chi connectivity index (χ2n) is 3.45. The molecule has 1 amide bonds. The summed E-state index contributed by atoms with van der Waals surface area (Å²) >= 11 is 0. The Balaban J connectivity index is 2.73. The number of hydrogen-bond donors (Lipinski definition) is 1. The zero-order chi connectivity index (χ0) is 11.0. The van der Waals surface area contributed by atoms with Gasteiger partial charge in [-0.15, -0.1) is 0 Å². The van der Waals surface area contributed by atoms with Gasteiger partial charge in [0.05, 0.1) is 17.3 Å². The highest BCUT2D eigenvalue weighted by Crippen LogP contribution is 2.22. The van der Waals surface area contributed by atoms with Gasteiger partial charge in [0, 0.05) is 12.4 Å². The zero-order valence-electron chi connectivity index (χ0n) is 8.54. The molecule has 0 fully saturated rings. The van der Waals surface area contributed by atoms with Crippen LogP contribution in [0.5, 0.6) is 0 Å². The minimum atomic E-state index is -0.278. The number of fused-ring (bicyclic) bond motifs is 1. The van der Waals surface area contributed by atoms with E-state index in [2.05, 4.69) is 5.32 Å². The first-order chi connectivity index (χ1) is 7.13. The van der Waals surface area contributed by atoms with E-state index < -0.39 is 0 Å². The summed E-state index contributed by atoms with van der Waals surface area (Å²) < 4.78 is 13.4. The van der Waals surface area contributed by atoms with Crippen LogP contribution in [-0.4, -0.2) is 17.7 Å². The maximum atomic E-state index is 13.4. The van der Waals surface area contributed by atoms with Crippen molar-refractivity contribution < 1.29 is 9.28 Å². The van der Waals surface area contributed by atoms with E-state index in [0.717, 1.165) is 5.56 Å². The maximum Gasteiger partial charge on any atom is 0.253 e. The van der Waals surface area contributed by atoms with Crippen LogP contribution in [0.3, 0.4) is 0 Å². The van der Waals surface area contributed by atoms with Crippen LogP contribution in [0.2, 0.25) is 0 Å². The average Bonchev–Trinajstić information content (AvgIpc) is 2.55. The molecule has 0 spiro atoms.